The Labute approximate surface area is 164 Å². The molecule has 0 radical (unpaired) electrons. The number of aromatic nitrogens is 2. The van der Waals surface area contributed by atoms with E-state index in [1.807, 2.05) is 56.9 Å². The Bertz CT molecular complexity index is 981. The summed E-state index contributed by atoms with van der Waals surface area (Å²) in [7, 11) is 0. The summed E-state index contributed by atoms with van der Waals surface area (Å²) < 4.78 is 13.0. The van der Waals surface area contributed by atoms with E-state index in [1.165, 1.54) is 0 Å². The molecule has 1 aliphatic heterocycles. The minimum absolute atomic E-state index is 0.00863. The molecule has 6 nitrogen and oxygen atoms in total. The van der Waals surface area contributed by atoms with Crippen molar-refractivity contribution in [3.05, 3.63) is 59.5 Å². The van der Waals surface area contributed by atoms with Crippen molar-refractivity contribution >= 4 is 5.91 Å². The fourth-order valence-electron chi connectivity index (χ4n) is 3.72. The van der Waals surface area contributed by atoms with Crippen LogP contribution in [-0.4, -0.2) is 45.9 Å². The predicted octanol–water partition coefficient (Wildman–Crippen LogP) is 4.00. The van der Waals surface area contributed by atoms with Crippen LogP contribution in [0.15, 0.2) is 47.1 Å². The van der Waals surface area contributed by atoms with E-state index in [0.717, 1.165) is 16.8 Å². The quantitative estimate of drug-likeness (QED) is 0.690. The first-order valence-corrected chi connectivity index (χ1v) is 9.58. The highest BCUT2D eigenvalue weighted by Crippen LogP contribution is 2.26. The Hall–Kier alpha value is -2.86. The molecule has 3 aromatic rings. The maximum Gasteiger partial charge on any atom is 0.272 e. The molecule has 6 heteroatoms. The molecule has 1 aromatic carbocycles. The van der Waals surface area contributed by atoms with Crippen molar-refractivity contribution in [1.82, 2.24) is 14.7 Å². The first-order valence-electron chi connectivity index (χ1n) is 9.58. The summed E-state index contributed by atoms with van der Waals surface area (Å²) in [6, 6.07) is 11.6. The molecule has 4 rings (SSSR count). The maximum atomic E-state index is 13.4. The van der Waals surface area contributed by atoms with E-state index in [1.54, 1.807) is 10.9 Å². The monoisotopic (exact) mass is 379 g/mol. The van der Waals surface area contributed by atoms with Gasteiger partial charge in [0.15, 0.2) is 5.76 Å². The molecular formula is C22H25N3O3. The topological polar surface area (TPSA) is 60.5 Å². The van der Waals surface area contributed by atoms with E-state index in [4.69, 9.17) is 14.3 Å². The average Bonchev–Trinajstić information content (AvgIpc) is 3.31. The molecule has 146 valence electrons. The lowest BCUT2D eigenvalue weighted by molar-refractivity contribution is -0.0588. The average molecular weight is 379 g/mol. The molecular weight excluding hydrogens is 354 g/mol. The van der Waals surface area contributed by atoms with Gasteiger partial charge < -0.3 is 14.1 Å². The normalized spacial score (nSPS) is 19.8. The van der Waals surface area contributed by atoms with Crippen molar-refractivity contribution < 1.29 is 13.9 Å². The molecule has 0 spiro atoms. The number of morpholine rings is 1. The van der Waals surface area contributed by atoms with E-state index >= 15 is 0 Å². The number of hydrogen-bond donors (Lipinski definition) is 0. The molecule has 3 heterocycles. The van der Waals surface area contributed by atoms with Gasteiger partial charge in [0.25, 0.3) is 5.91 Å². The Morgan fingerprint density at radius 3 is 2.54 bits per heavy atom. The predicted molar refractivity (Wildman–Crippen MR) is 107 cm³/mol. The zero-order chi connectivity index (χ0) is 19.8. The minimum atomic E-state index is -0.0480. The van der Waals surface area contributed by atoms with Crippen LogP contribution in [0, 0.1) is 13.8 Å². The summed E-state index contributed by atoms with van der Waals surface area (Å²) in [5, 5.41) is 4.72. The van der Waals surface area contributed by atoms with Crippen LogP contribution in [0.5, 0.6) is 0 Å². The van der Waals surface area contributed by atoms with Gasteiger partial charge in [-0.3, -0.25) is 4.79 Å². The van der Waals surface area contributed by atoms with Gasteiger partial charge in [-0.15, -0.1) is 0 Å². The van der Waals surface area contributed by atoms with Gasteiger partial charge in [-0.1, -0.05) is 12.1 Å². The molecule has 1 fully saturated rings. The van der Waals surface area contributed by atoms with Crippen molar-refractivity contribution in [3.63, 3.8) is 0 Å². The summed E-state index contributed by atoms with van der Waals surface area (Å²) in [5.41, 5.74) is 4.24. The Balaban J connectivity index is 1.81. The van der Waals surface area contributed by atoms with Crippen LogP contribution in [0.1, 0.15) is 35.5 Å². The summed E-state index contributed by atoms with van der Waals surface area (Å²) in [6.07, 6.45) is 1.63. The van der Waals surface area contributed by atoms with Crippen LogP contribution < -0.4 is 0 Å². The SMILES string of the molecule is Cc1ccc(C)c(-n2nc(-c3ccco3)cc2C(=O)N2CC(C)OC(C)C2)c1. The van der Waals surface area contributed by atoms with Gasteiger partial charge >= 0.3 is 0 Å². The highest BCUT2D eigenvalue weighted by Gasteiger charge is 2.30. The molecule has 2 aromatic heterocycles. The summed E-state index contributed by atoms with van der Waals surface area (Å²) in [4.78, 5) is 15.3. The molecule has 0 saturated carbocycles. The van der Waals surface area contributed by atoms with Gasteiger partial charge in [0.1, 0.15) is 11.4 Å². The highest BCUT2D eigenvalue weighted by molar-refractivity contribution is 5.94. The fraction of sp³-hybridized carbons (Fsp3) is 0.364. The lowest BCUT2D eigenvalue weighted by Crippen LogP contribution is -2.48. The molecule has 0 N–H and O–H groups in total. The fourth-order valence-corrected chi connectivity index (χ4v) is 3.72. The first-order chi connectivity index (χ1) is 13.4. The smallest absolute Gasteiger partial charge is 0.272 e. The third-order valence-corrected chi connectivity index (χ3v) is 5.00. The number of carbonyl (C=O) groups is 1. The van der Waals surface area contributed by atoms with Crippen molar-refractivity contribution in [2.75, 3.05) is 13.1 Å². The van der Waals surface area contributed by atoms with Crippen LogP contribution in [0.25, 0.3) is 17.1 Å². The van der Waals surface area contributed by atoms with E-state index in [0.29, 0.717) is 30.2 Å². The molecule has 0 bridgehead atoms. The van der Waals surface area contributed by atoms with Crippen molar-refractivity contribution in [1.29, 1.82) is 0 Å². The number of amides is 1. The van der Waals surface area contributed by atoms with Crippen molar-refractivity contribution in [2.45, 2.75) is 39.9 Å². The number of ether oxygens (including phenoxy) is 1. The molecule has 28 heavy (non-hydrogen) atoms. The second kappa shape index (κ2) is 7.28. The van der Waals surface area contributed by atoms with Crippen LogP contribution in [0.2, 0.25) is 0 Å². The van der Waals surface area contributed by atoms with Crippen molar-refractivity contribution in [2.24, 2.45) is 0 Å². The Kier molecular flexibility index (Phi) is 4.81. The molecule has 0 aliphatic carbocycles. The minimum Gasteiger partial charge on any atom is -0.463 e. The van der Waals surface area contributed by atoms with Gasteiger partial charge in [0.2, 0.25) is 0 Å². The third kappa shape index (κ3) is 3.47. The van der Waals surface area contributed by atoms with Gasteiger partial charge in [-0.05, 0) is 57.0 Å². The first kappa shape index (κ1) is 18.5. The third-order valence-electron chi connectivity index (χ3n) is 5.00. The molecule has 2 unspecified atom stereocenters. The highest BCUT2D eigenvalue weighted by atomic mass is 16.5. The zero-order valence-electron chi connectivity index (χ0n) is 16.7. The number of hydrogen-bond acceptors (Lipinski definition) is 4. The van der Waals surface area contributed by atoms with Crippen LogP contribution in [0.3, 0.4) is 0 Å². The molecule has 1 amide bonds. The second-order valence-electron chi connectivity index (χ2n) is 7.56. The molecule has 1 saturated heterocycles. The van der Waals surface area contributed by atoms with Crippen LogP contribution >= 0.6 is 0 Å². The Morgan fingerprint density at radius 1 is 1.11 bits per heavy atom. The number of nitrogens with zero attached hydrogens (tertiary/aromatic N) is 3. The zero-order valence-corrected chi connectivity index (χ0v) is 16.7. The van der Waals surface area contributed by atoms with Crippen molar-refractivity contribution in [3.8, 4) is 17.1 Å². The summed E-state index contributed by atoms with van der Waals surface area (Å²) in [6.45, 7) is 9.18. The lowest BCUT2D eigenvalue weighted by atomic mass is 10.1. The lowest BCUT2D eigenvalue weighted by Gasteiger charge is -2.35. The van der Waals surface area contributed by atoms with E-state index < -0.39 is 0 Å². The van der Waals surface area contributed by atoms with Gasteiger partial charge in [0.05, 0.1) is 24.2 Å². The number of carbonyl (C=O) groups excluding carboxylic acids is 1. The Morgan fingerprint density at radius 2 is 1.86 bits per heavy atom. The van der Waals surface area contributed by atoms with E-state index in [-0.39, 0.29) is 18.1 Å². The number of furan rings is 1. The van der Waals surface area contributed by atoms with E-state index in [9.17, 15) is 4.79 Å². The van der Waals surface area contributed by atoms with Gasteiger partial charge in [-0.25, -0.2) is 4.68 Å². The molecule has 1 aliphatic rings. The standard InChI is InChI=1S/C22H25N3O3/c1-14-7-8-15(2)19(10-14)25-20(11-18(23-25)21-6-5-9-27-21)22(26)24-12-16(3)28-17(4)13-24/h5-11,16-17H,12-13H2,1-4H3. The number of rotatable bonds is 3. The molecule has 2 atom stereocenters. The summed E-state index contributed by atoms with van der Waals surface area (Å²) >= 11 is 0. The van der Waals surface area contributed by atoms with Crippen LogP contribution in [-0.2, 0) is 4.74 Å². The van der Waals surface area contributed by atoms with E-state index in [2.05, 4.69) is 12.1 Å². The van der Waals surface area contributed by atoms with Gasteiger partial charge in [-0.2, -0.15) is 5.10 Å². The number of benzene rings is 1. The number of aryl methyl sites for hydroxylation is 2. The second-order valence-corrected chi connectivity index (χ2v) is 7.56. The van der Waals surface area contributed by atoms with Gasteiger partial charge in [0, 0.05) is 19.2 Å². The summed E-state index contributed by atoms with van der Waals surface area (Å²) in [5.74, 6) is 0.593. The van der Waals surface area contributed by atoms with Crippen LogP contribution in [0.4, 0.5) is 0 Å². The largest absolute Gasteiger partial charge is 0.463 e. The maximum absolute atomic E-state index is 13.4.